The van der Waals surface area contributed by atoms with Gasteiger partial charge in [-0.1, -0.05) is 11.6 Å². The van der Waals surface area contributed by atoms with Gasteiger partial charge in [-0.05, 0) is 36.4 Å². The van der Waals surface area contributed by atoms with Crippen molar-refractivity contribution in [3.8, 4) is 17.6 Å². The monoisotopic (exact) mass is 379 g/mol. The van der Waals surface area contributed by atoms with Crippen molar-refractivity contribution >= 4 is 21.4 Å². The number of ether oxygens (including phenoxy) is 1. The van der Waals surface area contributed by atoms with Crippen LogP contribution in [0.5, 0.6) is 11.5 Å². The van der Waals surface area contributed by atoms with E-state index < -0.39 is 31.8 Å². The molecule has 0 fully saturated rings. The summed E-state index contributed by atoms with van der Waals surface area (Å²) in [5.74, 6) is -2.13. The lowest BCUT2D eigenvalue weighted by Crippen LogP contribution is -2.23. The van der Waals surface area contributed by atoms with E-state index in [4.69, 9.17) is 21.6 Å². The molecular weight excluding hydrogens is 374 g/mol. The fourth-order valence-electron chi connectivity index (χ4n) is 1.67. The zero-order valence-corrected chi connectivity index (χ0v) is 13.0. The number of hydrogen-bond donors (Lipinski definition) is 0. The largest absolute Gasteiger partial charge is 0.502 e. The molecule has 0 aliphatic rings. The third-order valence-electron chi connectivity index (χ3n) is 2.78. The van der Waals surface area contributed by atoms with Crippen molar-refractivity contribution in [1.82, 2.24) is 0 Å². The molecule has 0 radical (unpaired) electrons. The number of sulfone groups is 1. The van der Waals surface area contributed by atoms with Crippen molar-refractivity contribution in [2.75, 3.05) is 0 Å². The Hall–Kier alpha value is -2.31. The van der Waals surface area contributed by atoms with Gasteiger partial charge in [0.25, 0.3) is 9.84 Å². The molecule has 24 heavy (non-hydrogen) atoms. The smallest absolute Gasteiger partial charge is 0.454 e. The maximum atomic E-state index is 13.2. The number of nitriles is 1. The quantitative estimate of drug-likeness (QED) is 0.739. The van der Waals surface area contributed by atoms with Gasteiger partial charge in [-0.3, -0.25) is 0 Å². The molecule has 2 aromatic carbocycles. The van der Waals surface area contributed by atoms with Crippen molar-refractivity contribution in [1.29, 1.82) is 5.26 Å². The van der Waals surface area contributed by atoms with E-state index in [0.29, 0.717) is 0 Å². The van der Waals surface area contributed by atoms with Gasteiger partial charge in [0.1, 0.15) is 22.2 Å². The number of alkyl halides is 3. The Labute approximate surface area is 138 Å². The molecule has 0 aliphatic heterocycles. The third kappa shape index (κ3) is 3.44. The van der Waals surface area contributed by atoms with Crippen LogP contribution in [0, 0.1) is 17.1 Å². The van der Waals surface area contributed by atoms with Crippen LogP contribution in [0.25, 0.3) is 0 Å². The predicted molar refractivity (Wildman–Crippen MR) is 75.9 cm³/mol. The molecule has 0 spiro atoms. The molecule has 0 bridgehead atoms. The van der Waals surface area contributed by atoms with Gasteiger partial charge >= 0.3 is 5.51 Å². The maximum absolute atomic E-state index is 13.2. The van der Waals surface area contributed by atoms with E-state index in [0.717, 1.165) is 12.1 Å². The normalized spacial score (nSPS) is 11.8. The molecule has 0 saturated carbocycles. The molecule has 0 aromatic heterocycles. The molecule has 2 rings (SSSR count). The van der Waals surface area contributed by atoms with Crippen molar-refractivity contribution in [2.24, 2.45) is 0 Å². The van der Waals surface area contributed by atoms with Gasteiger partial charge in [-0.2, -0.15) is 18.4 Å². The lowest BCUT2D eigenvalue weighted by Gasteiger charge is -2.14. The highest BCUT2D eigenvalue weighted by atomic mass is 35.5. The Morgan fingerprint density at radius 2 is 1.71 bits per heavy atom. The zero-order chi connectivity index (χ0) is 18.1. The van der Waals surface area contributed by atoms with Crippen LogP contribution in [0.15, 0.2) is 41.3 Å². The van der Waals surface area contributed by atoms with E-state index >= 15 is 0 Å². The molecule has 126 valence electrons. The van der Waals surface area contributed by atoms with Crippen molar-refractivity contribution in [3.05, 3.63) is 52.8 Å². The number of nitrogens with zero attached hydrogens (tertiary/aromatic N) is 1. The van der Waals surface area contributed by atoms with Crippen LogP contribution in [0.3, 0.4) is 0 Å². The van der Waals surface area contributed by atoms with Crippen LogP contribution in [0.4, 0.5) is 17.6 Å². The van der Waals surface area contributed by atoms with Crippen molar-refractivity contribution in [2.45, 2.75) is 10.4 Å². The zero-order valence-electron chi connectivity index (χ0n) is 11.4. The van der Waals surface area contributed by atoms with Gasteiger partial charge in [0.2, 0.25) is 0 Å². The highest BCUT2D eigenvalue weighted by Gasteiger charge is 2.48. The first kappa shape index (κ1) is 18.0. The second-order valence-corrected chi connectivity index (χ2v) is 6.72. The Kier molecular flexibility index (Phi) is 4.73. The Bertz CT molecular complexity index is 936. The van der Waals surface area contributed by atoms with Crippen LogP contribution in [-0.4, -0.2) is 13.9 Å². The van der Waals surface area contributed by atoms with E-state index in [1.54, 1.807) is 6.07 Å². The van der Waals surface area contributed by atoms with Gasteiger partial charge in [0.15, 0.2) is 0 Å². The fraction of sp³-hybridized carbons (Fsp3) is 0.0714. The van der Waals surface area contributed by atoms with E-state index in [1.165, 1.54) is 18.2 Å². The molecule has 0 atom stereocenters. The lowest BCUT2D eigenvalue weighted by atomic mass is 10.2. The van der Waals surface area contributed by atoms with Crippen LogP contribution in [0.1, 0.15) is 5.56 Å². The van der Waals surface area contributed by atoms with Gasteiger partial charge in [0, 0.05) is 0 Å². The van der Waals surface area contributed by atoms with Gasteiger partial charge in [0.05, 0.1) is 16.7 Å². The summed E-state index contributed by atoms with van der Waals surface area (Å²) >= 11 is 5.82. The van der Waals surface area contributed by atoms with Crippen LogP contribution < -0.4 is 4.74 Å². The molecule has 0 amide bonds. The summed E-state index contributed by atoms with van der Waals surface area (Å²) in [6, 6.07) is 7.09. The third-order valence-corrected chi connectivity index (χ3v) is 4.58. The number of halogens is 5. The van der Waals surface area contributed by atoms with E-state index in [1.807, 2.05) is 0 Å². The Morgan fingerprint density at radius 3 is 2.25 bits per heavy atom. The highest BCUT2D eigenvalue weighted by molar-refractivity contribution is 7.92. The molecule has 0 N–H and O–H groups in total. The minimum absolute atomic E-state index is 0.131. The van der Waals surface area contributed by atoms with Crippen molar-refractivity contribution < 1.29 is 30.7 Å². The highest BCUT2D eigenvalue weighted by Crippen LogP contribution is 2.39. The second kappa shape index (κ2) is 6.30. The average Bonchev–Trinajstić information content (AvgIpc) is 2.49. The van der Waals surface area contributed by atoms with E-state index in [9.17, 15) is 26.0 Å². The first-order valence-corrected chi connectivity index (χ1v) is 7.91. The number of benzene rings is 2. The first-order valence-electron chi connectivity index (χ1n) is 6.04. The van der Waals surface area contributed by atoms with Gasteiger partial charge < -0.3 is 4.74 Å². The van der Waals surface area contributed by atoms with E-state index in [-0.39, 0.29) is 22.4 Å². The van der Waals surface area contributed by atoms with Crippen LogP contribution in [-0.2, 0) is 9.84 Å². The number of hydrogen-bond acceptors (Lipinski definition) is 4. The summed E-state index contributed by atoms with van der Waals surface area (Å²) in [5.41, 5.74) is -5.47. The molecule has 4 nitrogen and oxygen atoms in total. The first-order chi connectivity index (χ1) is 11.1. The van der Waals surface area contributed by atoms with Crippen LogP contribution in [0.2, 0.25) is 5.02 Å². The summed E-state index contributed by atoms with van der Waals surface area (Å²) < 4.78 is 79.6. The molecule has 0 saturated heterocycles. The summed E-state index contributed by atoms with van der Waals surface area (Å²) in [6.07, 6.45) is 0. The molecule has 10 heteroatoms. The van der Waals surface area contributed by atoms with Crippen molar-refractivity contribution in [3.63, 3.8) is 0 Å². The lowest BCUT2D eigenvalue weighted by molar-refractivity contribution is -0.0437. The predicted octanol–water partition coefficient (Wildman–Crippen LogP) is 4.44. The fourth-order valence-corrected chi connectivity index (χ4v) is 2.78. The average molecular weight is 380 g/mol. The van der Waals surface area contributed by atoms with E-state index in [2.05, 4.69) is 0 Å². The summed E-state index contributed by atoms with van der Waals surface area (Å²) in [5, 5.41) is 8.59. The topological polar surface area (TPSA) is 67.2 Å². The molecule has 0 heterocycles. The summed E-state index contributed by atoms with van der Waals surface area (Å²) in [7, 11) is -5.84. The number of rotatable bonds is 3. The van der Waals surface area contributed by atoms with Gasteiger partial charge in [-0.25, -0.2) is 12.8 Å². The standard InChI is InChI=1S/C14H6ClF4NO3S/c15-10-5-8(7-20)1-3-11(10)23-12-4-2-9(16)6-13(12)24(21,22)14(17,18)19/h1-6H. The Balaban J connectivity index is 2.56. The minimum Gasteiger partial charge on any atom is -0.454 e. The molecule has 2 aromatic rings. The Morgan fingerprint density at radius 1 is 1.08 bits per heavy atom. The van der Waals surface area contributed by atoms with Gasteiger partial charge in [-0.15, -0.1) is 0 Å². The molecular formula is C14H6ClF4NO3S. The SMILES string of the molecule is N#Cc1ccc(Oc2ccc(F)cc2S(=O)(=O)C(F)(F)F)c(Cl)c1. The summed E-state index contributed by atoms with van der Waals surface area (Å²) in [6.45, 7) is 0. The molecule has 0 aliphatic carbocycles. The minimum atomic E-state index is -5.84. The summed E-state index contributed by atoms with van der Waals surface area (Å²) in [4.78, 5) is -1.38. The second-order valence-electron chi connectivity index (χ2n) is 4.40. The van der Waals surface area contributed by atoms with Crippen LogP contribution >= 0.6 is 11.6 Å². The molecule has 0 unspecified atom stereocenters. The maximum Gasteiger partial charge on any atom is 0.502 e.